The highest BCUT2D eigenvalue weighted by Gasteiger charge is 2.71. The van der Waals surface area contributed by atoms with E-state index in [1.54, 1.807) is 7.11 Å². The zero-order valence-corrected chi connectivity index (χ0v) is 23.3. The number of ketones is 1. The van der Waals surface area contributed by atoms with Gasteiger partial charge in [-0.05, 0) is 110 Å². The second-order valence-corrected chi connectivity index (χ2v) is 15.4. The molecule has 5 saturated carbocycles. The lowest BCUT2D eigenvalue weighted by atomic mass is 9.31. The Balaban J connectivity index is 1.55. The molecular weight excluding hydrogens is 420 g/mol. The Hall–Kier alpha value is -0.860. The summed E-state index contributed by atoms with van der Waals surface area (Å²) in [5.41, 5.74) is 0.632. The fraction of sp³-hybridized carbons (Fsp3) is 0.935. The number of rotatable bonds is 1. The van der Waals surface area contributed by atoms with Gasteiger partial charge in [0.25, 0.3) is 0 Å². The molecule has 5 aliphatic carbocycles. The Bertz CT molecular complexity index is 887. The fourth-order valence-corrected chi connectivity index (χ4v) is 11.4. The largest absolute Gasteiger partial charge is 0.469 e. The summed E-state index contributed by atoms with van der Waals surface area (Å²) < 4.78 is 5.51. The molecule has 0 aromatic carbocycles. The zero-order valence-electron chi connectivity index (χ0n) is 23.3. The second-order valence-electron chi connectivity index (χ2n) is 15.4. The molecule has 5 fully saturated rings. The Morgan fingerprint density at radius 1 is 0.765 bits per heavy atom. The van der Waals surface area contributed by atoms with Gasteiger partial charge >= 0.3 is 5.97 Å². The van der Waals surface area contributed by atoms with Crippen LogP contribution < -0.4 is 0 Å². The first-order chi connectivity index (χ1) is 15.7. The van der Waals surface area contributed by atoms with Gasteiger partial charge in [0.2, 0.25) is 0 Å². The van der Waals surface area contributed by atoms with Gasteiger partial charge in [0.05, 0.1) is 12.5 Å². The predicted molar refractivity (Wildman–Crippen MR) is 136 cm³/mol. The molecule has 0 aromatic rings. The summed E-state index contributed by atoms with van der Waals surface area (Å²) in [5, 5.41) is 0. The number of fused-ring (bicyclic) bond motifs is 7. The van der Waals surface area contributed by atoms with Crippen LogP contribution in [0.5, 0.6) is 0 Å². The van der Waals surface area contributed by atoms with Crippen LogP contribution in [0.2, 0.25) is 0 Å². The molecule has 0 bridgehead atoms. The van der Waals surface area contributed by atoms with Crippen LogP contribution in [0.1, 0.15) is 119 Å². The molecule has 0 saturated heterocycles. The maximum Gasteiger partial charge on any atom is 0.312 e. The molecule has 0 radical (unpaired) electrons. The molecular formula is C31H50O3. The van der Waals surface area contributed by atoms with Gasteiger partial charge in [-0.15, -0.1) is 0 Å². The van der Waals surface area contributed by atoms with Gasteiger partial charge in [0, 0.05) is 11.8 Å². The van der Waals surface area contributed by atoms with Crippen molar-refractivity contribution in [1.82, 2.24) is 0 Å². The van der Waals surface area contributed by atoms with E-state index in [1.165, 1.54) is 25.7 Å². The molecule has 0 amide bonds. The summed E-state index contributed by atoms with van der Waals surface area (Å²) in [7, 11) is 1.61. The molecule has 192 valence electrons. The molecule has 0 aromatic heterocycles. The summed E-state index contributed by atoms with van der Waals surface area (Å²) in [5.74, 6) is 2.78. The van der Waals surface area contributed by atoms with E-state index in [1.807, 2.05) is 0 Å². The first-order valence-corrected chi connectivity index (χ1v) is 14.3. The minimum Gasteiger partial charge on any atom is -0.469 e. The van der Waals surface area contributed by atoms with Crippen molar-refractivity contribution in [3.8, 4) is 0 Å². The summed E-state index contributed by atoms with van der Waals surface area (Å²) in [6.45, 7) is 17.1. The lowest BCUT2D eigenvalue weighted by Crippen LogP contribution is -2.67. The van der Waals surface area contributed by atoms with E-state index >= 15 is 0 Å². The van der Waals surface area contributed by atoms with Crippen LogP contribution in [0.25, 0.3) is 0 Å². The maximum atomic E-state index is 13.4. The lowest BCUT2D eigenvalue weighted by molar-refractivity contribution is -0.244. The van der Waals surface area contributed by atoms with E-state index in [0.717, 1.165) is 44.9 Å². The molecule has 34 heavy (non-hydrogen) atoms. The molecule has 5 aliphatic rings. The van der Waals surface area contributed by atoms with Crippen LogP contribution >= 0.6 is 0 Å². The van der Waals surface area contributed by atoms with E-state index in [2.05, 4.69) is 48.5 Å². The van der Waals surface area contributed by atoms with Crippen molar-refractivity contribution in [2.24, 2.45) is 56.2 Å². The summed E-state index contributed by atoms with van der Waals surface area (Å²) in [6.07, 6.45) is 12.2. The molecule has 0 aliphatic heterocycles. The average Bonchev–Trinajstić information content (AvgIpc) is 2.76. The van der Waals surface area contributed by atoms with Gasteiger partial charge in [0.15, 0.2) is 0 Å². The highest BCUT2D eigenvalue weighted by Crippen LogP contribution is 2.76. The summed E-state index contributed by atoms with van der Waals surface area (Å²) in [6, 6.07) is 0. The molecule has 0 heterocycles. The van der Waals surface area contributed by atoms with Gasteiger partial charge in [-0.25, -0.2) is 0 Å². The number of carbonyl (C=O) groups excluding carboxylic acids is 2. The number of methoxy groups -OCH3 is 1. The van der Waals surface area contributed by atoms with Crippen molar-refractivity contribution < 1.29 is 14.3 Å². The van der Waals surface area contributed by atoms with Crippen LogP contribution in [0.4, 0.5) is 0 Å². The van der Waals surface area contributed by atoms with Crippen LogP contribution in [-0.2, 0) is 14.3 Å². The Morgan fingerprint density at radius 2 is 1.44 bits per heavy atom. The van der Waals surface area contributed by atoms with Crippen molar-refractivity contribution in [2.75, 3.05) is 7.11 Å². The van der Waals surface area contributed by atoms with Crippen molar-refractivity contribution >= 4 is 11.8 Å². The number of esters is 1. The van der Waals surface area contributed by atoms with E-state index in [9.17, 15) is 9.59 Å². The number of Topliss-reactive ketones (excluding diaryl/α,β-unsaturated/α-hetero) is 1. The molecule has 8 unspecified atom stereocenters. The van der Waals surface area contributed by atoms with Crippen molar-refractivity contribution in [3.05, 3.63) is 0 Å². The van der Waals surface area contributed by atoms with Crippen LogP contribution in [0, 0.1) is 56.2 Å². The second kappa shape index (κ2) is 7.34. The molecule has 5 rings (SSSR count). The van der Waals surface area contributed by atoms with Crippen LogP contribution in [0.3, 0.4) is 0 Å². The Labute approximate surface area is 208 Å². The van der Waals surface area contributed by atoms with Gasteiger partial charge in [-0.2, -0.15) is 0 Å². The maximum absolute atomic E-state index is 13.4. The summed E-state index contributed by atoms with van der Waals surface area (Å²) in [4.78, 5) is 26.3. The predicted octanol–water partition coefficient (Wildman–Crippen LogP) is 7.61. The van der Waals surface area contributed by atoms with Crippen molar-refractivity contribution in [1.29, 1.82) is 0 Å². The molecule has 8 atom stereocenters. The first kappa shape index (κ1) is 24.8. The quantitative estimate of drug-likeness (QED) is 0.370. The average molecular weight is 471 g/mol. The highest BCUT2D eigenvalue weighted by molar-refractivity contribution is 5.85. The molecule has 3 nitrogen and oxygen atoms in total. The molecule has 3 heteroatoms. The van der Waals surface area contributed by atoms with Gasteiger partial charge in [-0.3, -0.25) is 9.59 Å². The smallest absolute Gasteiger partial charge is 0.312 e. The number of carbonyl (C=O) groups is 2. The Morgan fingerprint density at radius 3 is 2.12 bits per heavy atom. The van der Waals surface area contributed by atoms with Crippen molar-refractivity contribution in [3.63, 3.8) is 0 Å². The Kier molecular flexibility index (Phi) is 5.36. The van der Waals surface area contributed by atoms with E-state index in [0.29, 0.717) is 34.9 Å². The minimum atomic E-state index is -0.266. The molecule has 0 N–H and O–H groups in total. The zero-order chi connectivity index (χ0) is 24.9. The van der Waals surface area contributed by atoms with Gasteiger partial charge in [-0.1, -0.05) is 48.5 Å². The van der Waals surface area contributed by atoms with Gasteiger partial charge in [0.1, 0.15) is 5.78 Å². The normalized spacial score (nSPS) is 51.4. The third-order valence-corrected chi connectivity index (χ3v) is 13.6. The van der Waals surface area contributed by atoms with Gasteiger partial charge < -0.3 is 4.74 Å². The summed E-state index contributed by atoms with van der Waals surface area (Å²) >= 11 is 0. The minimum absolute atomic E-state index is 0.0746. The first-order valence-electron chi connectivity index (χ1n) is 14.3. The van der Waals surface area contributed by atoms with E-state index < -0.39 is 0 Å². The standard InChI is InChI=1S/C31H50O3/c1-26(2)15-17-31(25(33)34-8)18-16-29(6)20(21(31)19-26)9-10-23-28(5)13-12-24(32)27(3,4)22(28)11-14-30(23,29)7/h20-23H,9-19H2,1-8H3. The van der Waals surface area contributed by atoms with Crippen molar-refractivity contribution in [2.45, 2.75) is 119 Å². The highest BCUT2D eigenvalue weighted by atomic mass is 16.5. The van der Waals surface area contributed by atoms with Crippen LogP contribution in [-0.4, -0.2) is 18.9 Å². The monoisotopic (exact) mass is 470 g/mol. The third-order valence-electron chi connectivity index (χ3n) is 13.6. The number of ether oxygens (including phenoxy) is 1. The number of hydrogen-bond donors (Lipinski definition) is 0. The van der Waals surface area contributed by atoms with Crippen LogP contribution in [0.15, 0.2) is 0 Å². The fourth-order valence-electron chi connectivity index (χ4n) is 11.4. The lowest BCUT2D eigenvalue weighted by Gasteiger charge is -2.73. The van der Waals surface area contributed by atoms with E-state index in [-0.39, 0.29) is 33.0 Å². The third kappa shape index (κ3) is 2.94. The SMILES string of the molecule is COC(=O)C12CCC(C)(C)CC1C1CCC3C4(C)CCC(=O)C(C)(C)C4CCC3(C)C1(C)CC2. The topological polar surface area (TPSA) is 43.4 Å². The molecule has 0 spiro atoms. The number of hydrogen-bond acceptors (Lipinski definition) is 3. The van der Waals surface area contributed by atoms with E-state index in [4.69, 9.17) is 4.74 Å².